The number of carboxylic acids is 1. The predicted octanol–water partition coefficient (Wildman–Crippen LogP) is 4.29. The van der Waals surface area contributed by atoms with Gasteiger partial charge in [0.15, 0.2) is 5.82 Å². The first-order chi connectivity index (χ1) is 19.8. The quantitative estimate of drug-likeness (QED) is 0.171. The van der Waals surface area contributed by atoms with Gasteiger partial charge in [0.1, 0.15) is 29.2 Å². The molecule has 0 aliphatic carbocycles. The maximum Gasteiger partial charge on any atom is 0.316 e. The third-order valence-electron chi connectivity index (χ3n) is 5.87. The number of rotatable bonds is 15. The molecule has 3 heterocycles. The van der Waals surface area contributed by atoms with Gasteiger partial charge in [-0.1, -0.05) is 0 Å². The van der Waals surface area contributed by atoms with Crippen molar-refractivity contribution in [2.45, 2.75) is 38.9 Å². The molecule has 0 spiro atoms. The Morgan fingerprint density at radius 2 is 1.80 bits per heavy atom. The van der Waals surface area contributed by atoms with Crippen molar-refractivity contribution in [3.63, 3.8) is 0 Å². The lowest BCUT2D eigenvalue weighted by atomic mass is 10.1. The van der Waals surface area contributed by atoms with E-state index in [9.17, 15) is 15.3 Å². The number of aliphatic carboxylic acids is 1. The summed E-state index contributed by atoms with van der Waals surface area (Å²) >= 11 is 1.34. The molecule has 0 aliphatic rings. The fourth-order valence-electron chi connectivity index (χ4n) is 3.62. The molecule has 0 fully saturated rings. The number of nitrogens with one attached hydrogen (secondary N) is 2. The second-order valence-corrected chi connectivity index (χ2v) is 10.2. The van der Waals surface area contributed by atoms with Crippen molar-refractivity contribution in [1.29, 1.82) is 10.5 Å². The third kappa shape index (κ3) is 7.97. The van der Waals surface area contributed by atoms with Crippen LogP contribution in [-0.4, -0.2) is 73.6 Å². The maximum absolute atomic E-state index is 11.1. The highest BCUT2D eigenvalue weighted by atomic mass is 32.2. The highest BCUT2D eigenvalue weighted by Gasteiger charge is 2.20. The van der Waals surface area contributed by atoms with Crippen LogP contribution in [0.5, 0.6) is 0 Å². The minimum absolute atomic E-state index is 0.0714. The number of methoxy groups -OCH3 is 1. The average molecular weight is 578 g/mol. The molecule has 41 heavy (non-hydrogen) atoms. The number of ether oxygens (including phenoxy) is 1. The van der Waals surface area contributed by atoms with Crippen molar-refractivity contribution in [3.05, 3.63) is 40.8 Å². The Labute approximate surface area is 241 Å². The van der Waals surface area contributed by atoms with Crippen molar-refractivity contribution in [1.82, 2.24) is 24.7 Å². The molecule has 214 valence electrons. The summed E-state index contributed by atoms with van der Waals surface area (Å²) in [6.07, 6.45) is 4.52. The van der Waals surface area contributed by atoms with Crippen LogP contribution in [0.1, 0.15) is 42.1 Å². The number of hydrogen-bond donors (Lipinski definition) is 3. The molecule has 0 saturated heterocycles. The molecule has 3 aromatic heterocycles. The van der Waals surface area contributed by atoms with E-state index in [-0.39, 0.29) is 17.3 Å². The lowest BCUT2D eigenvalue weighted by Crippen LogP contribution is -2.14. The molecule has 1 unspecified atom stereocenters. The maximum atomic E-state index is 11.1. The van der Waals surface area contributed by atoms with Crippen LogP contribution in [-0.2, 0) is 9.53 Å². The Morgan fingerprint density at radius 3 is 2.46 bits per heavy atom. The van der Waals surface area contributed by atoms with Crippen molar-refractivity contribution in [2.24, 2.45) is 10.2 Å². The van der Waals surface area contributed by atoms with E-state index in [1.807, 2.05) is 0 Å². The molecule has 3 rings (SSSR count). The average Bonchev–Trinajstić information content (AvgIpc) is 3.29. The van der Waals surface area contributed by atoms with Gasteiger partial charge in [-0.15, -0.1) is 27.1 Å². The first-order valence-corrected chi connectivity index (χ1v) is 13.8. The Kier molecular flexibility index (Phi) is 11.5. The van der Waals surface area contributed by atoms with Gasteiger partial charge < -0.3 is 20.5 Å². The summed E-state index contributed by atoms with van der Waals surface area (Å²) in [5.41, 5.74) is 1.89. The molecular weight excluding hydrogens is 546 g/mol. The third-order valence-corrected chi connectivity index (χ3v) is 7.10. The smallest absolute Gasteiger partial charge is 0.316 e. The lowest BCUT2D eigenvalue weighted by Gasteiger charge is -2.15. The number of thioether (sulfide) groups is 1. The molecule has 0 aliphatic heterocycles. The number of hydrogen-bond acceptors (Lipinski definition) is 13. The van der Waals surface area contributed by atoms with Crippen LogP contribution >= 0.6 is 11.8 Å². The van der Waals surface area contributed by atoms with Crippen LogP contribution in [0, 0.1) is 36.5 Å². The van der Waals surface area contributed by atoms with Gasteiger partial charge in [-0.25, -0.2) is 15.0 Å². The molecule has 15 heteroatoms. The largest absolute Gasteiger partial charge is 0.480 e. The molecule has 0 saturated carbocycles. The molecule has 0 bridgehead atoms. The van der Waals surface area contributed by atoms with Gasteiger partial charge in [-0.2, -0.15) is 15.2 Å². The zero-order chi connectivity index (χ0) is 29.8. The van der Waals surface area contributed by atoms with Crippen molar-refractivity contribution in [2.75, 3.05) is 43.2 Å². The van der Waals surface area contributed by atoms with Gasteiger partial charge in [0.25, 0.3) is 5.95 Å². The van der Waals surface area contributed by atoms with E-state index in [4.69, 9.17) is 9.84 Å². The minimum Gasteiger partial charge on any atom is -0.480 e. The van der Waals surface area contributed by atoms with E-state index in [2.05, 4.69) is 53.1 Å². The van der Waals surface area contributed by atoms with E-state index in [0.717, 1.165) is 6.42 Å². The number of pyridine rings is 1. The number of anilines is 2. The Bertz CT molecular complexity index is 1460. The van der Waals surface area contributed by atoms with E-state index < -0.39 is 11.2 Å². The van der Waals surface area contributed by atoms with Crippen LogP contribution in [0.4, 0.5) is 23.1 Å². The van der Waals surface area contributed by atoms with Crippen LogP contribution < -0.4 is 10.6 Å². The topological polar surface area (TPSA) is 199 Å². The van der Waals surface area contributed by atoms with Crippen molar-refractivity contribution in [3.8, 4) is 18.1 Å². The van der Waals surface area contributed by atoms with Crippen molar-refractivity contribution >= 4 is 40.9 Å². The molecule has 0 radical (unpaired) electrons. The monoisotopic (exact) mass is 577 g/mol. The van der Waals surface area contributed by atoms with E-state index in [1.165, 1.54) is 16.4 Å². The predicted molar refractivity (Wildman–Crippen MR) is 154 cm³/mol. The standard InChI is InChI=1S/C26H31N11O3S/c1-16-19(14-27)22(29-10-6-12-40-4)33-24(30-11-7-13-41-18(3)25(38)39)21(16)34-35-23-20(15-28)17(2)37(36-23)26-31-8-5-9-32-26/h5,8-9,18H,6-7,10-13H2,1-4H3,(H,38,39)(H2,29,30,33). The molecule has 3 N–H and O–H groups in total. The summed E-state index contributed by atoms with van der Waals surface area (Å²) in [7, 11) is 1.62. The minimum atomic E-state index is -0.854. The fourth-order valence-corrected chi connectivity index (χ4v) is 4.43. The molecule has 14 nitrogen and oxygen atoms in total. The van der Waals surface area contributed by atoms with Crippen LogP contribution in [0.3, 0.4) is 0 Å². The molecular formula is C26H31N11O3S. The first-order valence-electron chi connectivity index (χ1n) is 12.8. The highest BCUT2D eigenvalue weighted by Crippen LogP contribution is 2.35. The summed E-state index contributed by atoms with van der Waals surface area (Å²) < 4.78 is 6.52. The van der Waals surface area contributed by atoms with Gasteiger partial charge in [0.05, 0.1) is 16.5 Å². The SMILES string of the molecule is COCCCNc1nc(NCCCSC(C)C(=O)O)c(N=Nc2nn(-c3ncccn3)c(C)c2C#N)c(C)c1C#N. The number of aromatic nitrogens is 5. The second kappa shape index (κ2) is 15.3. The summed E-state index contributed by atoms with van der Waals surface area (Å²) in [6.45, 7) is 6.68. The van der Waals surface area contributed by atoms with Gasteiger partial charge in [-0.3, -0.25) is 4.79 Å². The number of azo groups is 1. The number of nitrogens with zero attached hydrogens (tertiary/aromatic N) is 9. The number of nitriles is 2. The highest BCUT2D eigenvalue weighted by molar-refractivity contribution is 8.00. The van der Waals surface area contributed by atoms with Gasteiger partial charge >= 0.3 is 5.97 Å². The fraction of sp³-hybridized carbons (Fsp3) is 0.423. The Morgan fingerprint density at radius 1 is 1.12 bits per heavy atom. The lowest BCUT2D eigenvalue weighted by molar-refractivity contribution is -0.136. The molecule has 0 aromatic carbocycles. The first kappa shape index (κ1) is 30.9. The number of carboxylic acid groups (broad SMARTS) is 1. The van der Waals surface area contributed by atoms with E-state index >= 15 is 0 Å². The second-order valence-electron chi connectivity index (χ2n) is 8.73. The van der Waals surface area contributed by atoms with E-state index in [0.29, 0.717) is 66.0 Å². The molecule has 3 aromatic rings. The normalized spacial score (nSPS) is 11.7. The molecule has 1 atom stereocenters. The Hall–Kier alpha value is -4.60. The van der Waals surface area contributed by atoms with Crippen LogP contribution in [0.2, 0.25) is 0 Å². The van der Waals surface area contributed by atoms with Gasteiger partial charge in [0, 0.05) is 44.8 Å². The number of carbonyl (C=O) groups is 1. The van der Waals surface area contributed by atoms with Crippen LogP contribution in [0.25, 0.3) is 5.95 Å². The summed E-state index contributed by atoms with van der Waals surface area (Å²) in [6, 6.07) is 5.98. The van der Waals surface area contributed by atoms with Crippen LogP contribution in [0.15, 0.2) is 28.7 Å². The van der Waals surface area contributed by atoms with Gasteiger partial charge in [0.2, 0.25) is 5.82 Å². The molecule has 0 amide bonds. The van der Waals surface area contributed by atoms with Gasteiger partial charge in [-0.05, 0) is 45.4 Å². The summed E-state index contributed by atoms with van der Waals surface area (Å²) in [5.74, 6) is 0.911. The summed E-state index contributed by atoms with van der Waals surface area (Å²) in [4.78, 5) is 24.1. The van der Waals surface area contributed by atoms with Crippen molar-refractivity contribution < 1.29 is 14.6 Å². The Balaban J connectivity index is 1.95. The zero-order valence-corrected chi connectivity index (χ0v) is 24.1. The zero-order valence-electron chi connectivity index (χ0n) is 23.2. The van der Waals surface area contributed by atoms with E-state index in [1.54, 1.807) is 46.3 Å². The summed E-state index contributed by atoms with van der Waals surface area (Å²) in [5, 5.41) is 47.8.